The molecule has 0 fully saturated rings. The second-order valence-corrected chi connectivity index (χ2v) is 5.06. The lowest BCUT2D eigenvalue weighted by atomic mass is 10.1. The fourth-order valence-corrected chi connectivity index (χ4v) is 2.09. The Labute approximate surface area is 131 Å². The van der Waals surface area contributed by atoms with Gasteiger partial charge in [0.25, 0.3) is 5.91 Å². The average molecular weight is 338 g/mol. The zero-order valence-corrected chi connectivity index (χ0v) is 12.7. The van der Waals surface area contributed by atoms with Crippen molar-refractivity contribution in [3.05, 3.63) is 33.6 Å². The van der Waals surface area contributed by atoms with Gasteiger partial charge in [0.05, 0.1) is 15.6 Å². The molecule has 21 heavy (non-hydrogen) atoms. The maximum atomic E-state index is 13.4. The summed E-state index contributed by atoms with van der Waals surface area (Å²) in [6.07, 6.45) is 0.638. The second kappa shape index (κ2) is 8.17. The number of ether oxygens (including phenoxy) is 1. The van der Waals surface area contributed by atoms with E-state index in [1.54, 1.807) is 0 Å². The van der Waals surface area contributed by atoms with E-state index in [-0.39, 0.29) is 22.0 Å². The van der Waals surface area contributed by atoms with Crippen LogP contribution < -0.4 is 5.32 Å². The standard InChI is InChI=1S/C13H14Cl2FNO4/c1-21-4-2-3-11(13(19)20)17-12(18)7-5-10(16)9(15)6-8(7)14/h5-6,11H,2-4H2,1H3,(H,17,18)(H,19,20). The Morgan fingerprint density at radius 2 is 2.05 bits per heavy atom. The van der Waals surface area contributed by atoms with Crippen molar-refractivity contribution < 1.29 is 23.8 Å². The van der Waals surface area contributed by atoms with Crippen molar-refractivity contribution in [1.82, 2.24) is 5.32 Å². The molecule has 0 heterocycles. The number of rotatable bonds is 7. The van der Waals surface area contributed by atoms with E-state index in [9.17, 15) is 14.0 Å². The van der Waals surface area contributed by atoms with Crippen LogP contribution in [0.1, 0.15) is 23.2 Å². The third-order valence-electron chi connectivity index (χ3n) is 2.70. The molecule has 0 aromatic heterocycles. The predicted molar refractivity (Wildman–Crippen MR) is 76.4 cm³/mol. The molecule has 116 valence electrons. The van der Waals surface area contributed by atoms with E-state index in [0.717, 1.165) is 12.1 Å². The highest BCUT2D eigenvalue weighted by Crippen LogP contribution is 2.24. The molecule has 5 nitrogen and oxygen atoms in total. The highest BCUT2D eigenvalue weighted by atomic mass is 35.5. The van der Waals surface area contributed by atoms with Crippen molar-refractivity contribution in [3.8, 4) is 0 Å². The van der Waals surface area contributed by atoms with Crippen LogP contribution in [0.5, 0.6) is 0 Å². The predicted octanol–water partition coefficient (Wildman–Crippen LogP) is 2.74. The van der Waals surface area contributed by atoms with E-state index in [1.165, 1.54) is 7.11 Å². The third-order valence-corrected chi connectivity index (χ3v) is 3.30. The van der Waals surface area contributed by atoms with Crippen molar-refractivity contribution in [2.75, 3.05) is 13.7 Å². The number of hydrogen-bond acceptors (Lipinski definition) is 3. The molecule has 1 aromatic carbocycles. The van der Waals surface area contributed by atoms with E-state index < -0.39 is 23.7 Å². The molecule has 1 atom stereocenters. The van der Waals surface area contributed by atoms with Gasteiger partial charge in [-0.15, -0.1) is 0 Å². The van der Waals surface area contributed by atoms with Gasteiger partial charge in [-0.1, -0.05) is 23.2 Å². The van der Waals surface area contributed by atoms with Gasteiger partial charge < -0.3 is 15.2 Å². The van der Waals surface area contributed by atoms with Crippen LogP contribution in [0.3, 0.4) is 0 Å². The van der Waals surface area contributed by atoms with Gasteiger partial charge >= 0.3 is 5.97 Å². The molecule has 2 N–H and O–H groups in total. The largest absolute Gasteiger partial charge is 0.480 e. The normalized spacial score (nSPS) is 12.0. The van der Waals surface area contributed by atoms with Crippen molar-refractivity contribution >= 4 is 35.1 Å². The lowest BCUT2D eigenvalue weighted by Gasteiger charge is -2.15. The van der Waals surface area contributed by atoms with Crippen LogP contribution in [-0.2, 0) is 9.53 Å². The average Bonchev–Trinajstić information content (AvgIpc) is 2.41. The lowest BCUT2D eigenvalue weighted by Crippen LogP contribution is -2.41. The minimum Gasteiger partial charge on any atom is -0.480 e. The molecule has 0 aliphatic heterocycles. The molecule has 0 spiro atoms. The number of carbonyl (C=O) groups excluding carboxylic acids is 1. The Bertz CT molecular complexity index is 539. The molecule has 0 radical (unpaired) electrons. The third kappa shape index (κ3) is 5.15. The number of methoxy groups -OCH3 is 1. The molecule has 1 unspecified atom stereocenters. The molecule has 8 heteroatoms. The monoisotopic (exact) mass is 337 g/mol. The summed E-state index contributed by atoms with van der Waals surface area (Å²) in [4.78, 5) is 23.1. The van der Waals surface area contributed by atoms with E-state index in [4.69, 9.17) is 33.0 Å². The SMILES string of the molecule is COCCCC(NC(=O)c1cc(F)c(Cl)cc1Cl)C(=O)O. The quantitative estimate of drug-likeness (QED) is 0.592. The molecule has 0 aliphatic rings. The lowest BCUT2D eigenvalue weighted by molar-refractivity contribution is -0.139. The summed E-state index contributed by atoms with van der Waals surface area (Å²) in [7, 11) is 1.49. The van der Waals surface area contributed by atoms with Gasteiger partial charge in [0.15, 0.2) is 0 Å². The molecule has 1 aromatic rings. The summed E-state index contributed by atoms with van der Waals surface area (Å²) >= 11 is 11.3. The summed E-state index contributed by atoms with van der Waals surface area (Å²) in [5.74, 6) is -2.78. The molecule has 0 bridgehead atoms. The van der Waals surface area contributed by atoms with Gasteiger partial charge in [-0.25, -0.2) is 9.18 Å². The summed E-state index contributed by atoms with van der Waals surface area (Å²) < 4.78 is 18.2. The number of carboxylic acid groups (broad SMARTS) is 1. The Kier molecular flexibility index (Phi) is 6.87. The molecule has 0 saturated heterocycles. The number of aliphatic carboxylic acids is 1. The Morgan fingerprint density at radius 1 is 1.38 bits per heavy atom. The van der Waals surface area contributed by atoms with Gasteiger partial charge in [0.1, 0.15) is 11.9 Å². The first-order valence-electron chi connectivity index (χ1n) is 6.04. The van der Waals surface area contributed by atoms with Crippen molar-refractivity contribution in [3.63, 3.8) is 0 Å². The van der Waals surface area contributed by atoms with Crippen LogP contribution in [0.15, 0.2) is 12.1 Å². The summed E-state index contributed by atoms with van der Waals surface area (Å²) in [5.41, 5.74) is -0.170. The Morgan fingerprint density at radius 3 is 2.62 bits per heavy atom. The van der Waals surface area contributed by atoms with Crippen molar-refractivity contribution in [2.45, 2.75) is 18.9 Å². The highest BCUT2D eigenvalue weighted by molar-refractivity contribution is 6.36. The molecular formula is C13H14Cl2FNO4. The van der Waals surface area contributed by atoms with Crippen LogP contribution in [0.25, 0.3) is 0 Å². The molecule has 0 aliphatic carbocycles. The van der Waals surface area contributed by atoms with Crippen LogP contribution in [0.4, 0.5) is 4.39 Å². The first-order chi connectivity index (χ1) is 9.86. The molecule has 1 rings (SSSR count). The first kappa shape index (κ1) is 17.7. The van der Waals surface area contributed by atoms with Gasteiger partial charge in [-0.05, 0) is 25.0 Å². The van der Waals surface area contributed by atoms with E-state index in [2.05, 4.69) is 5.32 Å². The van der Waals surface area contributed by atoms with Crippen LogP contribution in [0, 0.1) is 5.82 Å². The van der Waals surface area contributed by atoms with E-state index in [0.29, 0.717) is 13.0 Å². The van der Waals surface area contributed by atoms with E-state index in [1.807, 2.05) is 0 Å². The fourth-order valence-electron chi connectivity index (χ4n) is 1.62. The molecule has 1 amide bonds. The highest BCUT2D eigenvalue weighted by Gasteiger charge is 2.22. The van der Waals surface area contributed by atoms with E-state index >= 15 is 0 Å². The number of halogens is 3. The van der Waals surface area contributed by atoms with Gasteiger partial charge in [-0.2, -0.15) is 0 Å². The number of benzene rings is 1. The number of amides is 1. The Balaban J connectivity index is 2.82. The number of carboxylic acids is 1. The second-order valence-electron chi connectivity index (χ2n) is 4.25. The maximum absolute atomic E-state index is 13.4. The number of hydrogen-bond donors (Lipinski definition) is 2. The van der Waals surface area contributed by atoms with Crippen LogP contribution in [0.2, 0.25) is 10.0 Å². The Hall–Kier alpha value is -1.37. The topological polar surface area (TPSA) is 75.6 Å². The number of carbonyl (C=O) groups is 2. The molecule has 0 saturated carbocycles. The maximum Gasteiger partial charge on any atom is 0.326 e. The minimum absolute atomic E-state index is 0.0556. The van der Waals surface area contributed by atoms with Crippen LogP contribution in [-0.4, -0.2) is 36.7 Å². The first-order valence-corrected chi connectivity index (χ1v) is 6.79. The van der Waals surface area contributed by atoms with Gasteiger partial charge in [0.2, 0.25) is 0 Å². The van der Waals surface area contributed by atoms with Crippen molar-refractivity contribution in [1.29, 1.82) is 0 Å². The number of nitrogens with one attached hydrogen (secondary N) is 1. The van der Waals surface area contributed by atoms with Gasteiger partial charge in [0, 0.05) is 13.7 Å². The van der Waals surface area contributed by atoms with Crippen LogP contribution >= 0.6 is 23.2 Å². The summed E-state index contributed by atoms with van der Waals surface area (Å²) in [5, 5.41) is 11.1. The van der Waals surface area contributed by atoms with Gasteiger partial charge in [-0.3, -0.25) is 4.79 Å². The minimum atomic E-state index is -1.19. The van der Waals surface area contributed by atoms with Crippen molar-refractivity contribution in [2.24, 2.45) is 0 Å². The fraction of sp³-hybridized carbons (Fsp3) is 0.385. The summed E-state index contributed by atoms with van der Waals surface area (Å²) in [6, 6.07) is 0.852. The zero-order chi connectivity index (χ0) is 16.0. The smallest absolute Gasteiger partial charge is 0.326 e. The summed E-state index contributed by atoms with van der Waals surface area (Å²) in [6.45, 7) is 0.371. The zero-order valence-electron chi connectivity index (χ0n) is 11.2. The molecular weight excluding hydrogens is 324 g/mol.